The van der Waals surface area contributed by atoms with E-state index in [0.29, 0.717) is 25.7 Å². The lowest BCUT2D eigenvalue weighted by Gasteiger charge is -2.24. The molecule has 2 aliphatic rings. The van der Waals surface area contributed by atoms with Crippen LogP contribution in [0.3, 0.4) is 0 Å². The molecule has 0 spiro atoms. The number of hydrogen-bond donors (Lipinski definition) is 0. The second kappa shape index (κ2) is 43.2. The SMILES string of the molecule is CCCCCCCCC(=O)OCC(COC(=O)CCCCCCCC)CC(=O)OC[C@@H]1C[C@@H](OC(=O)CC(COC(=O)CCCCCCCC)COC(=O)CCCCCCCC)CN1C(=O)OCC1CCN(C)C1. The predicted molar refractivity (Wildman–Crippen MR) is 285 cm³/mol. The monoisotopic (exact) mass is 1050 g/mol. The fourth-order valence-corrected chi connectivity index (χ4v) is 9.39. The summed E-state index contributed by atoms with van der Waals surface area (Å²) in [5, 5.41) is 0. The number of nitrogens with zero attached hydrogens (tertiary/aromatic N) is 2. The van der Waals surface area contributed by atoms with Gasteiger partial charge in [0.1, 0.15) is 12.7 Å². The van der Waals surface area contributed by atoms with Gasteiger partial charge in [0.25, 0.3) is 0 Å². The molecule has 3 atom stereocenters. The van der Waals surface area contributed by atoms with Crippen LogP contribution in [0, 0.1) is 17.8 Å². The molecule has 16 heteroatoms. The van der Waals surface area contributed by atoms with Gasteiger partial charge in [0.15, 0.2) is 0 Å². The summed E-state index contributed by atoms with van der Waals surface area (Å²) >= 11 is 0. The third-order valence-electron chi connectivity index (χ3n) is 14.0. The van der Waals surface area contributed by atoms with Crippen molar-refractivity contribution in [2.75, 3.05) is 66.3 Å². The largest absolute Gasteiger partial charge is 0.465 e. The van der Waals surface area contributed by atoms with Gasteiger partial charge >= 0.3 is 41.9 Å². The van der Waals surface area contributed by atoms with E-state index < -0.39 is 42.0 Å². The quantitative estimate of drug-likeness (QED) is 0.0318. The first kappa shape index (κ1) is 66.2. The highest BCUT2D eigenvalue weighted by Crippen LogP contribution is 2.25. The van der Waals surface area contributed by atoms with E-state index in [9.17, 15) is 33.6 Å². The molecule has 428 valence electrons. The van der Waals surface area contributed by atoms with Crippen LogP contribution in [-0.4, -0.2) is 130 Å². The molecule has 0 aromatic heterocycles. The van der Waals surface area contributed by atoms with Crippen molar-refractivity contribution < 1.29 is 66.7 Å². The van der Waals surface area contributed by atoms with Crippen LogP contribution >= 0.6 is 0 Å². The van der Waals surface area contributed by atoms with Crippen LogP contribution in [0.2, 0.25) is 0 Å². The predicted octanol–water partition coefficient (Wildman–Crippen LogP) is 11.8. The van der Waals surface area contributed by atoms with Crippen LogP contribution in [-0.2, 0) is 61.9 Å². The Balaban J connectivity index is 2.11. The minimum absolute atomic E-state index is 0.00571. The molecule has 0 radical (unpaired) electrons. The molecule has 2 saturated heterocycles. The van der Waals surface area contributed by atoms with E-state index >= 15 is 0 Å². The molecule has 16 nitrogen and oxygen atoms in total. The maximum absolute atomic E-state index is 13.7. The zero-order chi connectivity index (χ0) is 54.0. The topological polar surface area (TPSA) is 191 Å². The highest BCUT2D eigenvalue weighted by Gasteiger charge is 2.40. The van der Waals surface area contributed by atoms with Crippen molar-refractivity contribution in [3.8, 4) is 0 Å². The lowest BCUT2D eigenvalue weighted by molar-refractivity contribution is -0.157. The fraction of sp³-hybridized carbons (Fsp3) is 0.879. The first-order valence-corrected chi connectivity index (χ1v) is 29.5. The molecule has 0 N–H and O–H groups in total. The van der Waals surface area contributed by atoms with Crippen molar-refractivity contribution in [3.05, 3.63) is 0 Å². The van der Waals surface area contributed by atoms with Gasteiger partial charge in [-0.15, -0.1) is 0 Å². The number of unbranched alkanes of at least 4 members (excludes halogenated alkanes) is 20. The highest BCUT2D eigenvalue weighted by atomic mass is 16.6. The van der Waals surface area contributed by atoms with E-state index in [4.69, 9.17) is 33.2 Å². The van der Waals surface area contributed by atoms with Crippen LogP contribution in [0.4, 0.5) is 4.79 Å². The average Bonchev–Trinajstić information content (AvgIpc) is 4.00. The summed E-state index contributed by atoms with van der Waals surface area (Å²) in [4.78, 5) is 95.3. The van der Waals surface area contributed by atoms with Gasteiger partial charge in [-0.3, -0.25) is 33.7 Å². The Morgan fingerprint density at radius 3 is 1.19 bits per heavy atom. The molecular weight excluding hydrogens is 949 g/mol. The van der Waals surface area contributed by atoms with Crippen molar-refractivity contribution in [1.29, 1.82) is 0 Å². The Hall–Kier alpha value is -3.95. The van der Waals surface area contributed by atoms with Crippen LogP contribution in [0.25, 0.3) is 0 Å². The molecule has 2 aliphatic heterocycles. The third-order valence-corrected chi connectivity index (χ3v) is 14.0. The first-order chi connectivity index (χ1) is 35.9. The van der Waals surface area contributed by atoms with E-state index in [-0.39, 0.29) is 121 Å². The molecule has 1 unspecified atom stereocenters. The number of carbonyl (C=O) groups excluding carboxylic acids is 7. The number of esters is 6. The standard InChI is InChI=1S/C58H102N2O14/c1-6-10-14-18-22-26-30-52(61)68-42-48(43-69-53(62)31-27-23-19-15-11-7-2)36-56(65)72-46-50-38-51(40-60(50)58(67)73-41-47-34-35-59(5)39-47)74-57(66)37-49(44-70-54(63)32-28-24-20-16-12-8-3)45-71-55(64)33-29-25-21-17-13-9-4/h47-51H,6-46H2,1-5H3/t47?,50-,51+/m0/s1. The van der Waals surface area contributed by atoms with Gasteiger partial charge in [-0.1, -0.05) is 156 Å². The zero-order valence-corrected chi connectivity index (χ0v) is 47.0. The molecule has 0 aromatic rings. The maximum Gasteiger partial charge on any atom is 0.410 e. The second-order valence-corrected chi connectivity index (χ2v) is 21.3. The third kappa shape index (κ3) is 33.9. The van der Waals surface area contributed by atoms with Gasteiger partial charge in [0.2, 0.25) is 0 Å². The molecule has 0 aliphatic carbocycles. The van der Waals surface area contributed by atoms with E-state index in [2.05, 4.69) is 32.6 Å². The Kier molecular flexibility index (Phi) is 38.6. The van der Waals surface area contributed by atoms with Gasteiger partial charge in [-0.05, 0) is 45.7 Å². The van der Waals surface area contributed by atoms with Crippen molar-refractivity contribution >= 4 is 41.9 Å². The van der Waals surface area contributed by atoms with Gasteiger partial charge in [0.05, 0.1) is 58.5 Å². The molecular formula is C58H102N2O14. The number of amides is 1. The van der Waals surface area contributed by atoms with E-state index in [1.54, 1.807) is 0 Å². The number of likely N-dealkylation sites (tertiary alicyclic amines) is 2. The maximum atomic E-state index is 13.7. The number of hydrogen-bond acceptors (Lipinski definition) is 15. The van der Waals surface area contributed by atoms with Crippen LogP contribution < -0.4 is 0 Å². The summed E-state index contributed by atoms with van der Waals surface area (Å²) in [6, 6.07) is -0.694. The number of rotatable bonds is 45. The lowest BCUT2D eigenvalue weighted by Crippen LogP contribution is -2.40. The van der Waals surface area contributed by atoms with Crippen molar-refractivity contribution in [2.24, 2.45) is 17.8 Å². The smallest absolute Gasteiger partial charge is 0.410 e. The van der Waals surface area contributed by atoms with Crippen LogP contribution in [0.1, 0.15) is 233 Å². The molecule has 74 heavy (non-hydrogen) atoms. The summed E-state index contributed by atoms with van der Waals surface area (Å²) in [5.41, 5.74) is 0. The molecule has 0 aromatic carbocycles. The highest BCUT2D eigenvalue weighted by molar-refractivity contribution is 5.73. The minimum atomic E-state index is -0.771. The summed E-state index contributed by atoms with van der Waals surface area (Å²) in [6.07, 6.45) is 24.8. The van der Waals surface area contributed by atoms with Gasteiger partial charge in [0, 0.05) is 56.4 Å². The Bertz CT molecular complexity index is 1480. The van der Waals surface area contributed by atoms with Crippen molar-refractivity contribution in [2.45, 2.75) is 245 Å². The Morgan fingerprint density at radius 1 is 0.432 bits per heavy atom. The molecule has 2 fully saturated rings. The van der Waals surface area contributed by atoms with Crippen molar-refractivity contribution in [3.63, 3.8) is 0 Å². The lowest BCUT2D eigenvalue weighted by atomic mass is 10.1. The zero-order valence-electron chi connectivity index (χ0n) is 47.0. The average molecular weight is 1050 g/mol. The summed E-state index contributed by atoms with van der Waals surface area (Å²) in [5.74, 6) is -3.85. The molecule has 1 amide bonds. The van der Waals surface area contributed by atoms with Crippen LogP contribution in [0.5, 0.6) is 0 Å². The molecule has 2 rings (SSSR count). The summed E-state index contributed by atoms with van der Waals surface area (Å²) in [7, 11) is 2.02. The second-order valence-electron chi connectivity index (χ2n) is 21.3. The van der Waals surface area contributed by atoms with Crippen molar-refractivity contribution in [1.82, 2.24) is 9.80 Å². The first-order valence-electron chi connectivity index (χ1n) is 29.5. The Morgan fingerprint density at radius 2 is 0.811 bits per heavy atom. The van der Waals surface area contributed by atoms with Gasteiger partial charge in [-0.25, -0.2) is 4.79 Å². The molecule has 0 saturated carbocycles. The van der Waals surface area contributed by atoms with Gasteiger partial charge in [-0.2, -0.15) is 0 Å². The number of carbonyl (C=O) groups is 7. The number of ether oxygens (including phenoxy) is 7. The molecule has 2 heterocycles. The Labute approximate surface area is 446 Å². The van der Waals surface area contributed by atoms with Crippen LogP contribution in [0.15, 0.2) is 0 Å². The molecule has 0 bridgehead atoms. The minimum Gasteiger partial charge on any atom is -0.465 e. The van der Waals surface area contributed by atoms with E-state index in [0.717, 1.165) is 148 Å². The fourth-order valence-electron chi connectivity index (χ4n) is 9.39. The summed E-state index contributed by atoms with van der Waals surface area (Å²) < 4.78 is 39.9. The normalized spacial score (nSPS) is 16.6. The van der Waals surface area contributed by atoms with E-state index in [1.807, 2.05) is 7.05 Å². The summed E-state index contributed by atoms with van der Waals surface area (Å²) in [6.45, 7) is 9.81. The van der Waals surface area contributed by atoms with E-state index in [1.165, 1.54) is 4.90 Å². The van der Waals surface area contributed by atoms with Gasteiger partial charge < -0.3 is 38.1 Å².